The van der Waals surface area contributed by atoms with Gasteiger partial charge in [-0.05, 0) is 0 Å². The minimum atomic E-state index is -1.93. The van der Waals surface area contributed by atoms with Crippen molar-refractivity contribution in [3.63, 3.8) is 0 Å². The normalized spacial score (nSPS) is 16.3. The first-order valence-electron chi connectivity index (χ1n) is 13.2. The van der Waals surface area contributed by atoms with E-state index in [-0.39, 0.29) is 24.8 Å². The third-order valence-electron chi connectivity index (χ3n) is 8.07. The fourth-order valence-electron chi connectivity index (χ4n) is 6.66. The van der Waals surface area contributed by atoms with Crippen molar-refractivity contribution in [2.75, 3.05) is 0 Å². The van der Waals surface area contributed by atoms with Crippen molar-refractivity contribution < 1.29 is 56.9 Å². The molecule has 0 bridgehead atoms. The summed E-state index contributed by atoms with van der Waals surface area (Å²) in [6.07, 6.45) is 11.4. The predicted octanol–water partition coefficient (Wildman–Crippen LogP) is 3.80. The standard InChI is InChI=1S/2C14H25OSi.2ClH.Zr/c2*1-11(2)16(12(3)4,13(5)6)15-14-9-7-8-10-14;;;/h2*7,9,11-13H,8H2,1-6H3;2*1H;/q;;;;+2/p-2. The molecule has 0 aromatic heterocycles. The molecule has 0 heterocycles. The van der Waals surface area contributed by atoms with Gasteiger partial charge in [0.25, 0.3) is 0 Å². The van der Waals surface area contributed by atoms with Crippen LogP contribution in [0, 0.1) is 0 Å². The number of allylic oxidation sites excluding steroid dienone is 6. The van der Waals surface area contributed by atoms with E-state index in [0.717, 1.165) is 12.8 Å². The molecule has 0 spiro atoms. The Bertz CT molecular complexity index is 702. The summed E-state index contributed by atoms with van der Waals surface area (Å²) in [5.74, 6) is 2.48. The van der Waals surface area contributed by atoms with E-state index < -0.39 is 39.9 Å². The number of hydrogen-bond donors (Lipinski definition) is 0. The first-order valence-corrected chi connectivity index (χ1v) is 20.0. The van der Waals surface area contributed by atoms with Gasteiger partial charge in [-0.2, -0.15) is 0 Å². The summed E-state index contributed by atoms with van der Waals surface area (Å²) < 4.78 is 17.5. The second-order valence-electron chi connectivity index (χ2n) is 11.9. The molecule has 0 unspecified atom stereocenters. The summed E-state index contributed by atoms with van der Waals surface area (Å²) in [6.45, 7) is 28.6. The van der Waals surface area contributed by atoms with Gasteiger partial charge in [-0.25, -0.2) is 0 Å². The predicted molar refractivity (Wildman–Crippen MR) is 146 cm³/mol. The van der Waals surface area contributed by atoms with Crippen molar-refractivity contribution >= 4 is 16.6 Å². The molecule has 0 radical (unpaired) electrons. The van der Waals surface area contributed by atoms with Gasteiger partial charge in [-0.15, -0.1) is 0 Å². The first-order chi connectivity index (χ1) is 15.3. The Morgan fingerprint density at radius 2 is 0.800 bits per heavy atom. The molecule has 0 aromatic carbocycles. The molecular formula is C28H50Cl2O2Si2Zr. The zero-order chi connectivity index (χ0) is 25.1. The third-order valence-corrected chi connectivity index (χ3v) is 23.7. The molecule has 0 aliphatic heterocycles. The average Bonchev–Trinajstić information content (AvgIpc) is 3.31. The van der Waals surface area contributed by atoms with Crippen LogP contribution in [0.2, 0.25) is 33.2 Å². The van der Waals surface area contributed by atoms with Crippen molar-refractivity contribution in [3.05, 3.63) is 42.4 Å². The molecule has 200 valence electrons. The molecule has 0 fully saturated rings. The third kappa shape index (κ3) is 7.31. The van der Waals surface area contributed by atoms with Crippen LogP contribution in [-0.2, 0) is 32.1 Å². The summed E-state index contributed by atoms with van der Waals surface area (Å²) in [5.41, 5.74) is 3.62. The largest absolute Gasteiger partial charge is 1.00 e. The first kappa shape index (κ1) is 35.5. The summed E-state index contributed by atoms with van der Waals surface area (Å²) in [7, 11) is -3.86. The van der Waals surface area contributed by atoms with Crippen LogP contribution < -0.4 is 24.8 Å². The van der Waals surface area contributed by atoms with Gasteiger partial charge < -0.3 is 24.8 Å². The van der Waals surface area contributed by atoms with Crippen LogP contribution in [-0.4, -0.2) is 16.6 Å². The van der Waals surface area contributed by atoms with Gasteiger partial charge in [0.05, 0.1) is 0 Å². The van der Waals surface area contributed by atoms with Crippen LogP contribution in [0.3, 0.4) is 0 Å². The second kappa shape index (κ2) is 14.6. The molecule has 0 aromatic rings. The van der Waals surface area contributed by atoms with Crippen LogP contribution in [0.5, 0.6) is 0 Å². The number of halogens is 2. The molecule has 2 aliphatic rings. The molecule has 0 atom stereocenters. The monoisotopic (exact) mass is 634 g/mol. The Kier molecular flexibility index (Phi) is 14.8. The van der Waals surface area contributed by atoms with E-state index in [1.807, 2.05) is 0 Å². The van der Waals surface area contributed by atoms with E-state index in [1.54, 1.807) is 6.56 Å². The molecular weight excluding hydrogens is 587 g/mol. The number of hydrogen-bond acceptors (Lipinski definition) is 2. The van der Waals surface area contributed by atoms with E-state index in [0.29, 0.717) is 33.2 Å². The van der Waals surface area contributed by atoms with Crippen LogP contribution in [0.15, 0.2) is 42.4 Å². The maximum atomic E-state index is 7.16. The van der Waals surface area contributed by atoms with Gasteiger partial charge in [0.1, 0.15) is 0 Å². The molecule has 0 saturated heterocycles. The zero-order valence-corrected chi connectivity index (χ0v) is 30.2. The maximum Gasteiger partial charge on any atom is -1.00 e. The maximum absolute atomic E-state index is 7.16. The van der Waals surface area contributed by atoms with E-state index in [4.69, 9.17) is 8.85 Å². The van der Waals surface area contributed by atoms with Crippen molar-refractivity contribution in [3.8, 4) is 0 Å². The molecule has 2 nitrogen and oxygen atoms in total. The van der Waals surface area contributed by atoms with Gasteiger partial charge in [-0.3, -0.25) is 0 Å². The van der Waals surface area contributed by atoms with Crippen LogP contribution in [0.1, 0.15) is 95.9 Å². The summed E-state index contributed by atoms with van der Waals surface area (Å²) in [5, 5.41) is 0. The molecule has 35 heavy (non-hydrogen) atoms. The fraction of sp³-hybridized carbons (Fsp3) is 0.714. The Hall–Kier alpha value is 0.457. The Balaban J connectivity index is 0.00000578. The summed E-state index contributed by atoms with van der Waals surface area (Å²) in [4.78, 5) is 0. The van der Waals surface area contributed by atoms with Crippen molar-refractivity contribution in [1.82, 2.24) is 0 Å². The fourth-order valence-corrected chi connectivity index (χ4v) is 21.0. The Labute approximate surface area is 243 Å². The smallest absolute Gasteiger partial charge is 1.00 e. The van der Waals surface area contributed by atoms with Gasteiger partial charge in [0, 0.05) is 0 Å². The van der Waals surface area contributed by atoms with Crippen LogP contribution >= 0.6 is 0 Å². The molecule has 2 rings (SSSR count). The van der Waals surface area contributed by atoms with Crippen molar-refractivity contribution in [2.24, 2.45) is 0 Å². The number of rotatable bonds is 12. The van der Waals surface area contributed by atoms with E-state index in [1.165, 1.54) is 11.5 Å². The topological polar surface area (TPSA) is 18.5 Å². The van der Waals surface area contributed by atoms with Crippen LogP contribution in [0.25, 0.3) is 0 Å². The van der Waals surface area contributed by atoms with E-state index in [2.05, 4.69) is 107 Å². The van der Waals surface area contributed by atoms with Crippen molar-refractivity contribution in [1.29, 1.82) is 0 Å². The minimum Gasteiger partial charge on any atom is -1.00 e. The van der Waals surface area contributed by atoms with Gasteiger partial charge in [-0.1, -0.05) is 0 Å². The minimum absolute atomic E-state index is 0. The zero-order valence-electron chi connectivity index (χ0n) is 24.3. The molecule has 2 aliphatic carbocycles. The quantitative estimate of drug-likeness (QED) is 0.304. The average molecular weight is 637 g/mol. The van der Waals surface area contributed by atoms with E-state index in [9.17, 15) is 0 Å². The molecule has 0 saturated carbocycles. The Morgan fingerprint density at radius 1 is 0.543 bits per heavy atom. The molecule has 0 amide bonds. The second-order valence-corrected chi connectivity index (χ2v) is 26.2. The van der Waals surface area contributed by atoms with Gasteiger partial charge in [0.2, 0.25) is 0 Å². The SMILES string of the molecule is CC(C)[Si](OC1=[C]([Zr+2][C]2=C(O[Si](C(C)C)(C(C)C)C(C)C)C=CC2)CC=C1)(C(C)C)C(C)C.[Cl-].[Cl-]. The van der Waals surface area contributed by atoms with E-state index >= 15 is 0 Å². The van der Waals surface area contributed by atoms with Crippen molar-refractivity contribution in [2.45, 2.75) is 129 Å². The molecule has 0 N–H and O–H groups in total. The van der Waals surface area contributed by atoms with Gasteiger partial charge >= 0.3 is 220 Å². The summed E-state index contributed by atoms with van der Waals surface area (Å²) in [6, 6.07) is 0. The van der Waals surface area contributed by atoms with Gasteiger partial charge in [0.15, 0.2) is 0 Å². The van der Waals surface area contributed by atoms with Crippen LogP contribution in [0.4, 0.5) is 0 Å². The molecule has 7 heteroatoms. The Morgan fingerprint density at radius 3 is 1.03 bits per heavy atom. The summed E-state index contributed by atoms with van der Waals surface area (Å²) >= 11 is -0.937.